The molecule has 12 heteroatoms. The minimum absolute atomic E-state index is 0.0464. The van der Waals surface area contributed by atoms with Crippen LogP contribution in [0.1, 0.15) is 37.7 Å². The molecule has 44 heavy (non-hydrogen) atoms. The van der Waals surface area contributed by atoms with E-state index in [1.165, 1.54) is 29.5 Å². The molecule has 9 nitrogen and oxygen atoms in total. The molecule has 4 aromatic rings. The van der Waals surface area contributed by atoms with Gasteiger partial charge in [0.15, 0.2) is 10.6 Å². The van der Waals surface area contributed by atoms with Gasteiger partial charge in [0.05, 0.1) is 11.1 Å². The van der Waals surface area contributed by atoms with E-state index in [1.54, 1.807) is 6.07 Å². The van der Waals surface area contributed by atoms with E-state index in [4.69, 9.17) is 30.8 Å². The molecule has 5 saturated heterocycles. The molecule has 5 aliphatic heterocycles. The van der Waals surface area contributed by atoms with Crippen LogP contribution < -0.4 is 19.7 Å². The van der Waals surface area contributed by atoms with Gasteiger partial charge in [-0.15, -0.1) is 6.42 Å². The summed E-state index contributed by atoms with van der Waals surface area (Å²) in [5.41, 5.74) is 0.299. The van der Waals surface area contributed by atoms with Crippen LogP contribution in [0.15, 0.2) is 24.3 Å². The van der Waals surface area contributed by atoms with Crippen molar-refractivity contribution in [3.05, 3.63) is 35.6 Å². The van der Waals surface area contributed by atoms with Gasteiger partial charge in [-0.3, -0.25) is 4.90 Å². The summed E-state index contributed by atoms with van der Waals surface area (Å²) < 4.78 is 41.6. The molecule has 4 atom stereocenters. The van der Waals surface area contributed by atoms with Crippen LogP contribution >= 0.6 is 11.3 Å². The van der Waals surface area contributed by atoms with E-state index in [9.17, 15) is 13.9 Å². The molecular weight excluding hydrogens is 586 g/mol. The highest BCUT2D eigenvalue weighted by Gasteiger charge is 2.49. The van der Waals surface area contributed by atoms with Crippen molar-refractivity contribution in [3.8, 4) is 35.0 Å². The summed E-state index contributed by atoms with van der Waals surface area (Å²) in [7, 11) is 0. The lowest BCUT2D eigenvalue weighted by Crippen LogP contribution is -2.43. The number of aromatic nitrogens is 3. The van der Waals surface area contributed by atoms with Crippen LogP contribution in [0.5, 0.6) is 22.7 Å². The Balaban J connectivity index is 1.18. The first kappa shape index (κ1) is 27.7. The van der Waals surface area contributed by atoms with Crippen molar-refractivity contribution in [1.82, 2.24) is 25.2 Å². The van der Waals surface area contributed by atoms with Crippen LogP contribution in [0, 0.1) is 24.1 Å². The highest BCUT2D eigenvalue weighted by Crippen LogP contribution is 2.43. The lowest BCUT2D eigenvalue weighted by molar-refractivity contribution is 0.107. The van der Waals surface area contributed by atoms with Crippen molar-refractivity contribution in [1.29, 1.82) is 0 Å². The van der Waals surface area contributed by atoms with Gasteiger partial charge in [-0.05, 0) is 62.2 Å². The summed E-state index contributed by atoms with van der Waals surface area (Å²) in [6.07, 6.45) is 9.44. The number of phenolic OH excluding ortho intramolecular Hbond substituents is 1. The van der Waals surface area contributed by atoms with Gasteiger partial charge in [-0.1, -0.05) is 23.3 Å². The fourth-order valence-corrected chi connectivity index (χ4v) is 8.35. The number of nitrogens with one attached hydrogen (secondary N) is 1. The molecular formula is C32H32F2N6O3S. The zero-order valence-corrected chi connectivity index (χ0v) is 24.9. The number of piperidine rings is 1. The van der Waals surface area contributed by atoms with E-state index >= 15 is 0 Å². The quantitative estimate of drug-likeness (QED) is 0.290. The molecule has 0 spiro atoms. The van der Waals surface area contributed by atoms with Crippen LogP contribution in [-0.4, -0.2) is 82.0 Å². The first-order valence-corrected chi connectivity index (χ1v) is 16.0. The summed E-state index contributed by atoms with van der Waals surface area (Å²) in [4.78, 5) is 19.5. The molecule has 7 heterocycles. The number of phenols is 1. The number of aromatic hydroxyl groups is 1. The van der Waals surface area contributed by atoms with Gasteiger partial charge in [0.25, 0.3) is 5.19 Å². The van der Waals surface area contributed by atoms with Crippen molar-refractivity contribution < 1.29 is 23.4 Å². The monoisotopic (exact) mass is 618 g/mol. The average molecular weight is 619 g/mol. The molecule has 0 radical (unpaired) electrons. The maximum atomic E-state index is 14.7. The molecule has 2 aromatic carbocycles. The number of hydrogen-bond acceptors (Lipinski definition) is 10. The number of nitrogens with zero attached hydrogens (tertiary/aromatic N) is 5. The summed E-state index contributed by atoms with van der Waals surface area (Å²) in [5, 5.41) is 15.2. The molecule has 2 bridgehead atoms. The van der Waals surface area contributed by atoms with E-state index in [2.05, 4.69) is 21.0 Å². The Morgan fingerprint density at radius 3 is 2.93 bits per heavy atom. The topological polar surface area (TPSA) is 95.9 Å². The van der Waals surface area contributed by atoms with Gasteiger partial charge in [0, 0.05) is 43.5 Å². The maximum Gasteiger partial charge on any atom is 0.319 e. The van der Waals surface area contributed by atoms with Crippen molar-refractivity contribution >= 4 is 38.3 Å². The molecule has 5 fully saturated rings. The molecule has 2 N–H and O–H groups in total. The van der Waals surface area contributed by atoms with Gasteiger partial charge in [0.1, 0.15) is 35.6 Å². The second-order valence-corrected chi connectivity index (χ2v) is 13.4. The SMILES string of the molecule is C#Cc1c(F)ccc2cc(O)cc(Oc3nc4c(N5C[C@H]6CC[C@@H](C5)NC6)nc(OC[C@@]56CCCN5C[C@H](F)C6)nc4s3)c12. The summed E-state index contributed by atoms with van der Waals surface area (Å²) >= 11 is 1.21. The summed E-state index contributed by atoms with van der Waals surface area (Å²) in [6, 6.07) is 6.31. The molecule has 0 aliphatic carbocycles. The third kappa shape index (κ3) is 4.78. The number of halogens is 2. The van der Waals surface area contributed by atoms with E-state index < -0.39 is 12.0 Å². The number of thiazole rings is 1. The van der Waals surface area contributed by atoms with Crippen LogP contribution in [0.2, 0.25) is 0 Å². The van der Waals surface area contributed by atoms with Gasteiger partial charge < -0.3 is 24.8 Å². The zero-order valence-electron chi connectivity index (χ0n) is 24.1. The van der Waals surface area contributed by atoms with Crippen LogP contribution in [0.3, 0.4) is 0 Å². The predicted octanol–water partition coefficient (Wildman–Crippen LogP) is 5.00. The predicted molar refractivity (Wildman–Crippen MR) is 164 cm³/mol. The minimum atomic E-state index is -0.851. The summed E-state index contributed by atoms with van der Waals surface area (Å²) in [6.45, 7) is 4.21. The van der Waals surface area contributed by atoms with Crippen molar-refractivity contribution in [2.45, 2.75) is 49.9 Å². The third-order valence-corrected chi connectivity index (χ3v) is 10.5. The number of fused-ring (bicyclic) bond motifs is 7. The van der Waals surface area contributed by atoms with Gasteiger partial charge in [-0.2, -0.15) is 15.0 Å². The van der Waals surface area contributed by atoms with E-state index in [1.807, 2.05) is 0 Å². The van der Waals surface area contributed by atoms with Crippen LogP contribution in [0.25, 0.3) is 21.1 Å². The standard InChI is InChI=1S/C32H32F2N6O3S/c1-2-23-24(34)7-5-19-10-22(41)11-25(26(19)23)43-31-36-27-28(39-14-18-4-6-21(16-39)35-13-18)37-30(38-29(27)44-31)42-17-32-8-3-9-40(32)15-20(33)12-32/h1,5,7,10-11,18,20-21,35,41H,3-4,6,8-9,12-17H2/t18-,20+,21-,32-/m0/s1. The fourth-order valence-electron chi connectivity index (χ4n) is 7.56. The second kappa shape index (κ2) is 10.7. The number of benzene rings is 2. The number of terminal acetylenes is 1. The number of alkyl halides is 1. The molecule has 9 rings (SSSR count). The highest BCUT2D eigenvalue weighted by molar-refractivity contribution is 7.19. The Hall–Kier alpha value is -3.79. The van der Waals surface area contributed by atoms with Crippen molar-refractivity contribution in [2.24, 2.45) is 5.92 Å². The molecule has 228 valence electrons. The number of rotatable bonds is 6. The lowest BCUT2D eigenvalue weighted by Gasteiger charge is -2.31. The third-order valence-electron chi connectivity index (χ3n) is 9.63. The van der Waals surface area contributed by atoms with E-state index in [0.717, 1.165) is 51.9 Å². The molecule has 5 aliphatic rings. The number of hydrogen-bond donors (Lipinski definition) is 2. The summed E-state index contributed by atoms with van der Waals surface area (Å²) in [5.74, 6) is 3.16. The minimum Gasteiger partial charge on any atom is -0.508 e. The average Bonchev–Trinajstić information content (AvgIpc) is 3.57. The van der Waals surface area contributed by atoms with Gasteiger partial charge >= 0.3 is 6.01 Å². The van der Waals surface area contributed by atoms with Crippen molar-refractivity contribution in [3.63, 3.8) is 0 Å². The first-order valence-electron chi connectivity index (χ1n) is 15.2. The zero-order chi connectivity index (χ0) is 30.0. The van der Waals surface area contributed by atoms with E-state index in [0.29, 0.717) is 58.5 Å². The molecule has 2 aromatic heterocycles. The normalized spacial score (nSPS) is 26.7. The Bertz CT molecular complexity index is 1790. The van der Waals surface area contributed by atoms with Crippen LogP contribution in [-0.2, 0) is 0 Å². The Kier molecular flexibility index (Phi) is 6.73. The Morgan fingerprint density at radius 2 is 2.09 bits per heavy atom. The molecule has 0 amide bonds. The highest BCUT2D eigenvalue weighted by atomic mass is 32.1. The van der Waals surface area contributed by atoms with Gasteiger partial charge in [-0.25, -0.2) is 8.78 Å². The Morgan fingerprint density at radius 1 is 1.18 bits per heavy atom. The molecule has 0 saturated carbocycles. The van der Waals surface area contributed by atoms with E-state index in [-0.39, 0.29) is 33.8 Å². The first-order chi connectivity index (χ1) is 21.4. The lowest BCUT2D eigenvalue weighted by atomic mass is 9.95. The van der Waals surface area contributed by atoms with Crippen LogP contribution in [0.4, 0.5) is 14.6 Å². The maximum absolute atomic E-state index is 14.7. The largest absolute Gasteiger partial charge is 0.508 e. The van der Waals surface area contributed by atoms with Gasteiger partial charge in [0.2, 0.25) is 0 Å². The number of anilines is 1. The second-order valence-electron chi connectivity index (χ2n) is 12.5. The molecule has 0 unspecified atom stereocenters. The Labute approximate surface area is 257 Å². The smallest absolute Gasteiger partial charge is 0.319 e. The number of ether oxygens (including phenoxy) is 2. The van der Waals surface area contributed by atoms with Crippen molar-refractivity contribution in [2.75, 3.05) is 44.2 Å². The fraction of sp³-hybridized carbons (Fsp3) is 0.469.